The summed E-state index contributed by atoms with van der Waals surface area (Å²) < 4.78 is 41.0. The third kappa shape index (κ3) is 6.80. The number of alkyl halides is 3. The van der Waals surface area contributed by atoms with Crippen molar-refractivity contribution in [1.82, 2.24) is 9.88 Å². The fourth-order valence-electron chi connectivity index (χ4n) is 3.63. The van der Waals surface area contributed by atoms with Crippen LogP contribution in [0.1, 0.15) is 15.9 Å². The highest BCUT2D eigenvalue weighted by atomic mass is 35.5. The van der Waals surface area contributed by atoms with E-state index in [0.29, 0.717) is 23.7 Å². The lowest BCUT2D eigenvalue weighted by Gasteiger charge is -2.11. The minimum absolute atomic E-state index is 0.0172. The number of aromatic nitrogens is 1. The number of nitrogens with one attached hydrogen (secondary N) is 2. The number of para-hydroxylation sites is 1. The fourth-order valence-corrected chi connectivity index (χ4v) is 4.81. The molecule has 0 radical (unpaired) electrons. The summed E-state index contributed by atoms with van der Waals surface area (Å²) in [6.45, 7) is 0.866. The van der Waals surface area contributed by atoms with E-state index < -0.39 is 17.6 Å². The SMILES string of the molecule is O=C(CSc1cn(CCNC(=O)c2ccc(Cl)cc2)c2ccccc12)Nc1cc(C(F)(F)F)ccc1Cl. The molecular formula is C26H20Cl2F3N3O2S. The number of fused-ring (bicyclic) bond motifs is 1. The lowest BCUT2D eigenvalue weighted by molar-refractivity contribution is -0.137. The molecule has 4 aromatic rings. The molecule has 0 fully saturated rings. The molecule has 5 nitrogen and oxygen atoms in total. The second-order valence-electron chi connectivity index (χ2n) is 8.00. The van der Waals surface area contributed by atoms with Crippen LogP contribution in [0.4, 0.5) is 18.9 Å². The Hall–Kier alpha value is -3.14. The predicted octanol–water partition coefficient (Wildman–Crippen LogP) is 7.13. The highest BCUT2D eigenvalue weighted by Gasteiger charge is 2.31. The Kier molecular flexibility index (Phi) is 8.36. The molecule has 0 aliphatic rings. The van der Waals surface area contributed by atoms with Crippen molar-refractivity contribution in [3.63, 3.8) is 0 Å². The van der Waals surface area contributed by atoms with Gasteiger partial charge < -0.3 is 15.2 Å². The zero-order valence-electron chi connectivity index (χ0n) is 19.1. The molecule has 0 aliphatic heterocycles. The Morgan fingerprint density at radius 3 is 2.43 bits per heavy atom. The molecule has 11 heteroatoms. The van der Waals surface area contributed by atoms with Gasteiger partial charge >= 0.3 is 6.18 Å². The number of hydrogen-bond donors (Lipinski definition) is 2. The maximum Gasteiger partial charge on any atom is 0.416 e. The van der Waals surface area contributed by atoms with Crippen LogP contribution in [-0.4, -0.2) is 28.7 Å². The molecule has 37 heavy (non-hydrogen) atoms. The Morgan fingerprint density at radius 2 is 1.70 bits per heavy atom. The number of hydrogen-bond acceptors (Lipinski definition) is 3. The first-order valence-corrected chi connectivity index (χ1v) is 12.8. The Morgan fingerprint density at radius 1 is 0.973 bits per heavy atom. The predicted molar refractivity (Wildman–Crippen MR) is 142 cm³/mol. The highest BCUT2D eigenvalue weighted by Crippen LogP contribution is 2.34. The van der Waals surface area contributed by atoms with Crippen LogP contribution < -0.4 is 10.6 Å². The quantitative estimate of drug-likeness (QED) is 0.223. The van der Waals surface area contributed by atoms with Gasteiger partial charge in [-0.3, -0.25) is 9.59 Å². The maximum absolute atomic E-state index is 13.0. The summed E-state index contributed by atoms with van der Waals surface area (Å²) in [6.07, 6.45) is -2.66. The van der Waals surface area contributed by atoms with E-state index in [1.54, 1.807) is 24.3 Å². The summed E-state index contributed by atoms with van der Waals surface area (Å²) in [5.74, 6) is -0.737. The first-order chi connectivity index (χ1) is 17.6. The third-order valence-corrected chi connectivity index (χ3v) is 7.05. The normalized spacial score (nSPS) is 11.5. The van der Waals surface area contributed by atoms with Crippen molar-refractivity contribution in [1.29, 1.82) is 0 Å². The molecule has 2 N–H and O–H groups in total. The van der Waals surface area contributed by atoms with E-state index in [0.717, 1.165) is 34.0 Å². The molecule has 0 bridgehead atoms. The van der Waals surface area contributed by atoms with Crippen molar-refractivity contribution in [2.24, 2.45) is 0 Å². The summed E-state index contributed by atoms with van der Waals surface area (Å²) >= 11 is 13.1. The summed E-state index contributed by atoms with van der Waals surface area (Å²) in [6, 6.07) is 17.0. The molecule has 0 aliphatic carbocycles. The van der Waals surface area contributed by atoms with Crippen LogP contribution in [0.15, 0.2) is 77.8 Å². The maximum atomic E-state index is 13.0. The molecule has 1 aromatic heterocycles. The van der Waals surface area contributed by atoms with Crippen LogP contribution in [0.25, 0.3) is 10.9 Å². The Labute approximate surface area is 224 Å². The first-order valence-electron chi connectivity index (χ1n) is 11.0. The van der Waals surface area contributed by atoms with Crippen LogP contribution >= 0.6 is 35.0 Å². The molecule has 0 spiro atoms. The van der Waals surface area contributed by atoms with Gasteiger partial charge in [-0.1, -0.05) is 41.4 Å². The average molecular weight is 566 g/mol. The number of rotatable bonds is 8. The topological polar surface area (TPSA) is 63.1 Å². The number of carbonyl (C=O) groups is 2. The molecule has 1 heterocycles. The van der Waals surface area contributed by atoms with Gasteiger partial charge in [0.25, 0.3) is 5.91 Å². The smallest absolute Gasteiger partial charge is 0.350 e. The number of nitrogens with zero attached hydrogens (tertiary/aromatic N) is 1. The molecule has 0 atom stereocenters. The third-order valence-electron chi connectivity index (χ3n) is 5.42. The number of amides is 2. The molecule has 2 amide bonds. The number of carbonyl (C=O) groups excluding carboxylic acids is 2. The molecule has 0 saturated heterocycles. The van der Waals surface area contributed by atoms with E-state index in [1.807, 2.05) is 35.0 Å². The van der Waals surface area contributed by atoms with E-state index in [9.17, 15) is 22.8 Å². The Bertz CT molecular complexity index is 1440. The van der Waals surface area contributed by atoms with Crippen molar-refractivity contribution >= 4 is 63.4 Å². The molecule has 3 aromatic carbocycles. The zero-order chi connectivity index (χ0) is 26.6. The second-order valence-corrected chi connectivity index (χ2v) is 9.86. The van der Waals surface area contributed by atoms with E-state index >= 15 is 0 Å². The van der Waals surface area contributed by atoms with Gasteiger partial charge in [0.2, 0.25) is 5.91 Å². The van der Waals surface area contributed by atoms with Gasteiger partial charge in [-0.2, -0.15) is 13.2 Å². The van der Waals surface area contributed by atoms with Gasteiger partial charge in [0.05, 0.1) is 22.0 Å². The van der Waals surface area contributed by atoms with Crippen LogP contribution in [0.3, 0.4) is 0 Å². The van der Waals surface area contributed by atoms with Crippen LogP contribution in [-0.2, 0) is 17.5 Å². The number of thioether (sulfide) groups is 1. The average Bonchev–Trinajstić information content (AvgIpc) is 3.21. The van der Waals surface area contributed by atoms with Gasteiger partial charge in [-0.05, 0) is 48.5 Å². The van der Waals surface area contributed by atoms with E-state index in [4.69, 9.17) is 23.2 Å². The number of anilines is 1. The van der Waals surface area contributed by atoms with Crippen molar-refractivity contribution in [2.45, 2.75) is 17.6 Å². The van der Waals surface area contributed by atoms with Crippen molar-refractivity contribution in [3.05, 3.63) is 94.1 Å². The van der Waals surface area contributed by atoms with Crippen LogP contribution in [0, 0.1) is 0 Å². The lowest BCUT2D eigenvalue weighted by atomic mass is 10.2. The van der Waals surface area contributed by atoms with Gasteiger partial charge in [0, 0.05) is 45.7 Å². The van der Waals surface area contributed by atoms with Crippen molar-refractivity contribution in [3.8, 4) is 0 Å². The van der Waals surface area contributed by atoms with Gasteiger partial charge in [-0.25, -0.2) is 0 Å². The number of benzene rings is 3. The van der Waals surface area contributed by atoms with Crippen LogP contribution in [0.5, 0.6) is 0 Å². The highest BCUT2D eigenvalue weighted by molar-refractivity contribution is 8.00. The van der Waals surface area contributed by atoms with E-state index in [-0.39, 0.29) is 22.4 Å². The molecule has 0 saturated carbocycles. The molecular weight excluding hydrogens is 546 g/mol. The van der Waals surface area contributed by atoms with Crippen LogP contribution in [0.2, 0.25) is 10.0 Å². The number of halogens is 5. The van der Waals surface area contributed by atoms with Gasteiger partial charge in [-0.15, -0.1) is 11.8 Å². The van der Waals surface area contributed by atoms with Gasteiger partial charge in [0.15, 0.2) is 0 Å². The Balaban J connectivity index is 1.40. The monoisotopic (exact) mass is 565 g/mol. The minimum atomic E-state index is -4.55. The fraction of sp³-hybridized carbons (Fsp3) is 0.154. The zero-order valence-corrected chi connectivity index (χ0v) is 21.4. The standard InChI is InChI=1S/C26H20Cl2F3N3O2S/c27-18-8-5-16(6-9-18)25(36)32-11-12-34-14-23(19-3-1-2-4-22(19)34)37-15-24(35)33-21-13-17(26(29,30)31)7-10-20(21)28/h1-10,13-14H,11-12,15H2,(H,32,36)(H,33,35). The second kappa shape index (κ2) is 11.5. The summed E-state index contributed by atoms with van der Waals surface area (Å²) in [7, 11) is 0. The van der Waals surface area contributed by atoms with Crippen molar-refractivity contribution in [2.75, 3.05) is 17.6 Å². The van der Waals surface area contributed by atoms with E-state index in [1.165, 1.54) is 11.8 Å². The first kappa shape index (κ1) is 26.9. The molecule has 4 rings (SSSR count). The molecule has 0 unspecified atom stereocenters. The van der Waals surface area contributed by atoms with Crippen molar-refractivity contribution < 1.29 is 22.8 Å². The minimum Gasteiger partial charge on any atom is -0.350 e. The lowest BCUT2D eigenvalue weighted by Crippen LogP contribution is -2.27. The largest absolute Gasteiger partial charge is 0.416 e. The molecule has 192 valence electrons. The van der Waals surface area contributed by atoms with E-state index in [2.05, 4.69) is 10.6 Å². The summed E-state index contributed by atoms with van der Waals surface area (Å²) in [5, 5.41) is 6.82. The summed E-state index contributed by atoms with van der Waals surface area (Å²) in [4.78, 5) is 25.7. The summed E-state index contributed by atoms with van der Waals surface area (Å²) in [5.41, 5.74) is 0.434. The van der Waals surface area contributed by atoms with Gasteiger partial charge in [0.1, 0.15) is 0 Å².